The number of amides is 1. The van der Waals surface area contributed by atoms with E-state index in [1.54, 1.807) is 0 Å². The third-order valence-corrected chi connectivity index (χ3v) is 4.45. The molecule has 1 unspecified atom stereocenters. The van der Waals surface area contributed by atoms with Crippen LogP contribution in [0.4, 0.5) is 17.6 Å². The highest BCUT2D eigenvalue weighted by atomic mass is 32.2. The van der Waals surface area contributed by atoms with Crippen LogP contribution < -0.4 is 0 Å². The summed E-state index contributed by atoms with van der Waals surface area (Å²) in [6, 6.07) is 5.31. The molecule has 0 saturated carbocycles. The number of alkyl halides is 3. The fraction of sp³-hybridized carbons (Fsp3) is 0.231. The van der Waals surface area contributed by atoms with E-state index >= 15 is 0 Å². The monoisotopic (exact) mass is 349 g/mol. The lowest BCUT2D eigenvalue weighted by molar-refractivity contribution is -0.141. The van der Waals surface area contributed by atoms with Gasteiger partial charge in [0.1, 0.15) is 12.4 Å². The number of rotatable bonds is 3. The minimum Gasteiger partial charge on any atom is -0.270 e. The molecule has 5 nitrogen and oxygen atoms in total. The summed E-state index contributed by atoms with van der Waals surface area (Å²) in [4.78, 5) is 11.9. The zero-order chi connectivity index (χ0) is 17.3. The average Bonchev–Trinajstić information content (AvgIpc) is 2.86. The molecule has 0 bridgehead atoms. The lowest BCUT2D eigenvalue weighted by Gasteiger charge is -2.04. The first-order valence-electron chi connectivity index (χ1n) is 6.19. The number of aromatic nitrogens is 2. The summed E-state index contributed by atoms with van der Waals surface area (Å²) in [5.41, 5.74) is -1.14. The van der Waals surface area contributed by atoms with E-state index in [4.69, 9.17) is 0 Å². The number of carbonyl (C=O) groups is 1. The van der Waals surface area contributed by atoms with E-state index in [-0.39, 0.29) is 4.90 Å². The van der Waals surface area contributed by atoms with Crippen molar-refractivity contribution in [2.24, 2.45) is 4.36 Å². The molecule has 1 heterocycles. The molecule has 23 heavy (non-hydrogen) atoms. The Kier molecular flexibility index (Phi) is 4.55. The normalized spacial score (nSPS) is 14.3. The molecule has 0 spiro atoms. The summed E-state index contributed by atoms with van der Waals surface area (Å²) in [6.45, 7) is -0.581. The van der Waals surface area contributed by atoms with E-state index < -0.39 is 39.9 Å². The largest absolute Gasteiger partial charge is 0.435 e. The van der Waals surface area contributed by atoms with Gasteiger partial charge >= 0.3 is 6.18 Å². The number of carbonyl (C=O) groups excluding carboxylic acids is 1. The highest BCUT2D eigenvalue weighted by molar-refractivity contribution is 7.93. The van der Waals surface area contributed by atoms with Crippen molar-refractivity contribution in [2.45, 2.75) is 17.6 Å². The lowest BCUT2D eigenvalue weighted by Crippen LogP contribution is -2.13. The van der Waals surface area contributed by atoms with Crippen molar-refractivity contribution >= 4 is 15.6 Å². The Balaban J connectivity index is 2.19. The van der Waals surface area contributed by atoms with Gasteiger partial charge < -0.3 is 0 Å². The number of nitrogens with zero attached hydrogens (tertiary/aromatic N) is 3. The molecule has 1 aromatic heterocycles. The summed E-state index contributed by atoms with van der Waals surface area (Å²) in [5, 5.41) is 3.20. The third kappa shape index (κ3) is 4.38. The van der Waals surface area contributed by atoms with Crippen molar-refractivity contribution in [3.63, 3.8) is 0 Å². The molecule has 0 saturated heterocycles. The van der Waals surface area contributed by atoms with Crippen molar-refractivity contribution in [3.05, 3.63) is 48.0 Å². The summed E-state index contributed by atoms with van der Waals surface area (Å²) < 4.78 is 66.6. The minimum absolute atomic E-state index is 0.142. The van der Waals surface area contributed by atoms with Crippen LogP contribution in [0.1, 0.15) is 5.69 Å². The Morgan fingerprint density at radius 3 is 2.39 bits per heavy atom. The van der Waals surface area contributed by atoms with Gasteiger partial charge in [-0.25, -0.2) is 8.60 Å². The van der Waals surface area contributed by atoms with E-state index in [1.807, 2.05) is 0 Å². The average molecular weight is 349 g/mol. The Bertz CT molecular complexity index is 834. The maximum absolute atomic E-state index is 12.8. The van der Waals surface area contributed by atoms with Gasteiger partial charge in [0, 0.05) is 17.3 Å². The Morgan fingerprint density at radius 1 is 1.26 bits per heavy atom. The van der Waals surface area contributed by atoms with E-state index in [2.05, 4.69) is 9.46 Å². The second kappa shape index (κ2) is 6.11. The third-order valence-electron chi connectivity index (χ3n) is 2.76. The summed E-state index contributed by atoms with van der Waals surface area (Å²) in [5.74, 6) is -1.44. The van der Waals surface area contributed by atoms with E-state index in [0.29, 0.717) is 0 Å². The first-order chi connectivity index (χ1) is 10.6. The molecule has 0 aliphatic rings. The molecule has 1 aromatic carbocycles. The van der Waals surface area contributed by atoms with Gasteiger partial charge in [-0.1, -0.05) is 0 Å². The molecule has 2 aromatic rings. The van der Waals surface area contributed by atoms with Crippen LogP contribution in [0.5, 0.6) is 0 Å². The van der Waals surface area contributed by atoms with Crippen LogP contribution in [0, 0.1) is 5.82 Å². The zero-order valence-corrected chi connectivity index (χ0v) is 12.6. The summed E-state index contributed by atoms with van der Waals surface area (Å²) in [6.07, 6.45) is -2.45. The summed E-state index contributed by atoms with van der Waals surface area (Å²) >= 11 is 0. The SMILES string of the molecule is CS(=O)(=NC(=O)Cn1ccc(C(F)(F)F)n1)c1ccc(F)cc1. The highest BCUT2D eigenvalue weighted by Crippen LogP contribution is 2.27. The quantitative estimate of drug-likeness (QED) is 0.801. The summed E-state index contributed by atoms with van der Waals surface area (Å²) in [7, 11) is -3.12. The van der Waals surface area contributed by atoms with Crippen LogP contribution in [0.3, 0.4) is 0 Å². The van der Waals surface area contributed by atoms with Gasteiger partial charge in [-0.3, -0.25) is 9.48 Å². The van der Waals surface area contributed by atoms with Crippen molar-refractivity contribution in [1.82, 2.24) is 9.78 Å². The van der Waals surface area contributed by atoms with Crippen LogP contribution in [0.15, 0.2) is 45.8 Å². The highest BCUT2D eigenvalue weighted by Gasteiger charge is 2.33. The molecule has 0 fully saturated rings. The van der Waals surface area contributed by atoms with Crippen molar-refractivity contribution < 1.29 is 26.6 Å². The smallest absolute Gasteiger partial charge is 0.270 e. The molecule has 0 N–H and O–H groups in total. The van der Waals surface area contributed by atoms with Gasteiger partial charge in [-0.05, 0) is 30.3 Å². The van der Waals surface area contributed by atoms with Crippen LogP contribution in [-0.4, -0.2) is 26.2 Å². The van der Waals surface area contributed by atoms with Crippen LogP contribution in [0.25, 0.3) is 0 Å². The Morgan fingerprint density at radius 2 is 1.87 bits per heavy atom. The first-order valence-corrected chi connectivity index (χ1v) is 8.11. The predicted molar refractivity (Wildman–Crippen MR) is 73.4 cm³/mol. The molecule has 1 atom stereocenters. The molecule has 0 radical (unpaired) electrons. The van der Waals surface area contributed by atoms with Crippen LogP contribution in [-0.2, 0) is 27.2 Å². The molecule has 1 amide bonds. The maximum atomic E-state index is 12.8. The van der Waals surface area contributed by atoms with E-state index in [9.17, 15) is 26.6 Å². The number of halogens is 4. The Hall–Kier alpha value is -2.23. The molecule has 124 valence electrons. The molecule has 0 aliphatic heterocycles. The predicted octanol–water partition coefficient (Wildman–Crippen LogP) is 2.72. The first kappa shape index (κ1) is 17.1. The molecule has 0 aliphatic carbocycles. The molecular formula is C13H11F4N3O2S. The van der Waals surface area contributed by atoms with Crippen LogP contribution in [0.2, 0.25) is 0 Å². The van der Waals surface area contributed by atoms with Gasteiger partial charge in [0.05, 0.1) is 9.73 Å². The second-order valence-electron chi connectivity index (χ2n) is 4.64. The fourth-order valence-electron chi connectivity index (χ4n) is 1.70. The number of hydrogen-bond donors (Lipinski definition) is 0. The zero-order valence-electron chi connectivity index (χ0n) is 11.7. The number of hydrogen-bond acceptors (Lipinski definition) is 3. The van der Waals surface area contributed by atoms with Gasteiger partial charge in [0.2, 0.25) is 0 Å². The van der Waals surface area contributed by atoms with Crippen molar-refractivity contribution in [1.29, 1.82) is 0 Å². The lowest BCUT2D eigenvalue weighted by atomic mass is 10.4. The van der Waals surface area contributed by atoms with Crippen molar-refractivity contribution in [3.8, 4) is 0 Å². The topological polar surface area (TPSA) is 64.3 Å². The standard InChI is InChI=1S/C13H11F4N3O2S/c1-23(22,10-4-2-9(14)3-5-10)19-12(21)8-20-7-6-11(18-20)13(15,16)17/h2-7H,8H2,1H3. The molecule has 2 rings (SSSR count). The van der Waals surface area contributed by atoms with Gasteiger partial charge in [0.25, 0.3) is 5.91 Å². The van der Waals surface area contributed by atoms with Crippen molar-refractivity contribution in [2.75, 3.05) is 6.26 Å². The van der Waals surface area contributed by atoms with E-state index in [1.165, 1.54) is 18.4 Å². The van der Waals surface area contributed by atoms with E-state index in [0.717, 1.165) is 29.1 Å². The second-order valence-corrected chi connectivity index (χ2v) is 6.90. The van der Waals surface area contributed by atoms with Gasteiger partial charge in [-0.2, -0.15) is 22.6 Å². The molecule has 10 heteroatoms. The van der Waals surface area contributed by atoms with Gasteiger partial charge in [0.15, 0.2) is 5.69 Å². The van der Waals surface area contributed by atoms with Crippen LogP contribution >= 0.6 is 0 Å². The number of benzene rings is 1. The fourth-order valence-corrected chi connectivity index (χ4v) is 2.90. The Labute approximate surface area is 129 Å². The minimum atomic E-state index is -4.61. The molecular weight excluding hydrogens is 338 g/mol. The van der Waals surface area contributed by atoms with Gasteiger partial charge in [-0.15, -0.1) is 0 Å². The maximum Gasteiger partial charge on any atom is 0.435 e.